The molecule has 1 aromatic heterocycles. The Balaban J connectivity index is 0.00000231. The van der Waals surface area contributed by atoms with Crippen LogP contribution in [0.4, 0.5) is 0 Å². The van der Waals surface area contributed by atoms with Crippen LogP contribution in [0.1, 0.15) is 11.6 Å². The van der Waals surface area contributed by atoms with E-state index in [9.17, 15) is 9.90 Å². The topological polar surface area (TPSA) is 87.3 Å². The molecular formula is C22H20ClNO7. The number of aromatic nitrogens is 1. The maximum atomic E-state index is 12.1. The summed E-state index contributed by atoms with van der Waals surface area (Å²) in [6, 6.07) is 6.76. The third-order valence-electron chi connectivity index (χ3n) is 5.65. The van der Waals surface area contributed by atoms with Gasteiger partial charge in [-0.1, -0.05) is 0 Å². The highest BCUT2D eigenvalue weighted by Gasteiger charge is 2.39. The number of carbonyl (C=O) groups is 1. The summed E-state index contributed by atoms with van der Waals surface area (Å²) in [5.74, 6) is 1.89. The van der Waals surface area contributed by atoms with Crippen molar-refractivity contribution in [3.8, 4) is 40.0 Å². The van der Waals surface area contributed by atoms with Gasteiger partial charge in [-0.3, -0.25) is 0 Å². The number of aliphatic carboxylic acids is 1. The number of hydrogen-bond acceptors (Lipinski definition) is 6. The molecule has 1 unspecified atom stereocenters. The largest absolute Gasteiger partial charge is 1.00 e. The molecular weight excluding hydrogens is 426 g/mol. The molecule has 0 saturated carbocycles. The van der Waals surface area contributed by atoms with Gasteiger partial charge in [-0.2, -0.15) is 4.57 Å². The second kappa shape index (κ2) is 7.70. The average molecular weight is 446 g/mol. The molecule has 31 heavy (non-hydrogen) atoms. The summed E-state index contributed by atoms with van der Waals surface area (Å²) in [5.41, 5.74) is 2.54. The van der Waals surface area contributed by atoms with E-state index in [1.165, 1.54) is 0 Å². The van der Waals surface area contributed by atoms with Crippen LogP contribution in [-0.4, -0.2) is 39.2 Å². The second-order valence-electron chi connectivity index (χ2n) is 7.13. The van der Waals surface area contributed by atoms with Crippen molar-refractivity contribution in [2.75, 3.05) is 28.1 Å². The van der Waals surface area contributed by atoms with Crippen molar-refractivity contribution < 1.29 is 50.6 Å². The standard InChI is InChI=1S/C22H19NO7.ClH/c1-26-19-6-12-9-23-15(7-14(12)20(27-2)21(19)28-3)13-8-18-17(29-10-30-18)5-11(13)4-16(23)22(24)25;/h5-9,16H,4,10H2,1-3H3;1H. The Bertz CT molecular complexity index is 1210. The molecule has 8 nitrogen and oxygen atoms in total. The minimum absolute atomic E-state index is 0. The molecule has 0 bridgehead atoms. The highest BCUT2D eigenvalue weighted by Crippen LogP contribution is 2.46. The van der Waals surface area contributed by atoms with E-state index in [2.05, 4.69) is 0 Å². The molecule has 1 N–H and O–H groups in total. The maximum absolute atomic E-state index is 12.1. The van der Waals surface area contributed by atoms with E-state index >= 15 is 0 Å². The van der Waals surface area contributed by atoms with Gasteiger partial charge < -0.3 is 41.2 Å². The SMILES string of the molecule is COc1cc2c[n+]3c(cc2c(OC)c1OC)-c1cc2c(cc1CC3C(=O)O)OCO2.[Cl-]. The molecule has 0 aliphatic carbocycles. The first-order valence-corrected chi connectivity index (χ1v) is 9.39. The predicted molar refractivity (Wildman–Crippen MR) is 106 cm³/mol. The van der Waals surface area contributed by atoms with Gasteiger partial charge in [0.05, 0.1) is 32.3 Å². The first kappa shape index (κ1) is 20.9. The number of methoxy groups -OCH3 is 3. The van der Waals surface area contributed by atoms with Gasteiger partial charge in [-0.25, -0.2) is 4.79 Å². The molecule has 5 rings (SSSR count). The second-order valence-corrected chi connectivity index (χ2v) is 7.13. The van der Waals surface area contributed by atoms with Gasteiger partial charge in [-0.05, 0) is 23.8 Å². The summed E-state index contributed by atoms with van der Waals surface area (Å²) in [6.07, 6.45) is 2.16. The summed E-state index contributed by atoms with van der Waals surface area (Å²) in [7, 11) is 4.67. The van der Waals surface area contributed by atoms with Crippen LogP contribution in [-0.2, 0) is 11.2 Å². The first-order chi connectivity index (χ1) is 14.5. The molecule has 1 atom stereocenters. The molecule has 2 aliphatic rings. The highest BCUT2D eigenvalue weighted by atomic mass is 35.5. The third kappa shape index (κ3) is 3.06. The molecule has 0 spiro atoms. The van der Waals surface area contributed by atoms with E-state index in [0.29, 0.717) is 35.2 Å². The molecule has 0 saturated heterocycles. The van der Waals surface area contributed by atoms with Crippen molar-refractivity contribution in [3.63, 3.8) is 0 Å². The number of ether oxygens (including phenoxy) is 5. The molecule has 162 valence electrons. The van der Waals surface area contributed by atoms with Crippen molar-refractivity contribution in [1.29, 1.82) is 0 Å². The zero-order valence-corrected chi connectivity index (χ0v) is 17.9. The molecule has 0 fully saturated rings. The van der Waals surface area contributed by atoms with Crippen molar-refractivity contribution in [3.05, 3.63) is 36.0 Å². The third-order valence-corrected chi connectivity index (χ3v) is 5.65. The summed E-state index contributed by atoms with van der Waals surface area (Å²) >= 11 is 0. The number of fused-ring (bicyclic) bond motifs is 5. The van der Waals surface area contributed by atoms with Gasteiger partial charge in [0, 0.05) is 17.9 Å². The quantitative estimate of drug-likeness (QED) is 0.553. The van der Waals surface area contributed by atoms with Crippen LogP contribution in [0.3, 0.4) is 0 Å². The lowest BCUT2D eigenvalue weighted by molar-refractivity contribution is -0.700. The van der Waals surface area contributed by atoms with Gasteiger partial charge in [-0.15, -0.1) is 0 Å². The normalized spacial score (nSPS) is 15.5. The Labute approximate surface area is 184 Å². The zero-order valence-electron chi connectivity index (χ0n) is 17.1. The number of hydrogen-bond donors (Lipinski definition) is 1. The van der Waals surface area contributed by atoms with Crippen molar-refractivity contribution in [1.82, 2.24) is 0 Å². The number of halogens is 1. The molecule has 0 amide bonds. The fraction of sp³-hybridized carbons (Fsp3) is 0.273. The van der Waals surface area contributed by atoms with E-state index in [1.807, 2.05) is 30.5 Å². The van der Waals surface area contributed by atoms with Crippen LogP contribution in [0.15, 0.2) is 30.5 Å². The molecule has 3 aromatic rings. The van der Waals surface area contributed by atoms with Crippen molar-refractivity contribution >= 4 is 16.7 Å². The molecule has 0 radical (unpaired) electrons. The van der Waals surface area contributed by atoms with Gasteiger partial charge in [0.1, 0.15) is 0 Å². The zero-order chi connectivity index (χ0) is 21.0. The lowest BCUT2D eigenvalue weighted by Gasteiger charge is -2.22. The van der Waals surface area contributed by atoms with Crippen LogP contribution in [0, 0.1) is 0 Å². The van der Waals surface area contributed by atoms with Crippen LogP contribution in [0.5, 0.6) is 28.7 Å². The van der Waals surface area contributed by atoms with E-state index in [0.717, 1.165) is 27.6 Å². The van der Waals surface area contributed by atoms with Crippen LogP contribution < -0.4 is 40.7 Å². The Morgan fingerprint density at radius 2 is 1.74 bits per heavy atom. The fourth-order valence-corrected chi connectivity index (χ4v) is 4.26. The van der Waals surface area contributed by atoms with E-state index < -0.39 is 12.0 Å². The summed E-state index contributed by atoms with van der Waals surface area (Å²) in [6.45, 7) is 0.156. The smallest absolute Gasteiger partial charge is 0.373 e. The van der Waals surface area contributed by atoms with Crippen LogP contribution in [0.2, 0.25) is 0 Å². The number of benzene rings is 2. The molecule has 3 heterocycles. The Morgan fingerprint density at radius 1 is 1.03 bits per heavy atom. The summed E-state index contributed by atoms with van der Waals surface area (Å²) in [5, 5.41) is 11.5. The van der Waals surface area contributed by atoms with Gasteiger partial charge in [0.15, 0.2) is 29.2 Å². The minimum Gasteiger partial charge on any atom is -1.00 e. The number of rotatable bonds is 4. The number of carboxylic acid groups (broad SMARTS) is 1. The monoisotopic (exact) mass is 445 g/mol. The van der Waals surface area contributed by atoms with Gasteiger partial charge >= 0.3 is 5.97 Å². The predicted octanol–water partition coefficient (Wildman–Crippen LogP) is -0.265. The Morgan fingerprint density at radius 3 is 2.39 bits per heavy atom. The summed E-state index contributed by atoms with van der Waals surface area (Å²) < 4.78 is 29.4. The van der Waals surface area contributed by atoms with Crippen molar-refractivity contribution in [2.24, 2.45) is 0 Å². The van der Waals surface area contributed by atoms with E-state index in [1.54, 1.807) is 25.9 Å². The lowest BCUT2D eigenvalue weighted by Crippen LogP contribution is -3.00. The van der Waals surface area contributed by atoms with Crippen LogP contribution >= 0.6 is 0 Å². The van der Waals surface area contributed by atoms with Crippen LogP contribution in [0.25, 0.3) is 22.0 Å². The average Bonchev–Trinajstić information content (AvgIpc) is 3.21. The van der Waals surface area contributed by atoms with E-state index in [-0.39, 0.29) is 19.2 Å². The lowest BCUT2D eigenvalue weighted by atomic mass is 9.91. The molecule has 9 heteroatoms. The van der Waals surface area contributed by atoms with E-state index in [4.69, 9.17) is 23.7 Å². The Kier molecular flexibility index (Phi) is 5.18. The number of pyridine rings is 1. The van der Waals surface area contributed by atoms with Gasteiger partial charge in [0.2, 0.25) is 18.2 Å². The van der Waals surface area contributed by atoms with Gasteiger partial charge in [0.25, 0.3) is 6.04 Å². The minimum atomic E-state index is -0.906. The highest BCUT2D eigenvalue weighted by molar-refractivity contribution is 5.94. The first-order valence-electron chi connectivity index (χ1n) is 9.39. The summed E-state index contributed by atoms with van der Waals surface area (Å²) in [4.78, 5) is 12.1. The number of carboxylic acids is 1. The maximum Gasteiger partial charge on any atom is 0.373 e. The number of nitrogens with zero attached hydrogens (tertiary/aromatic N) is 1. The fourth-order valence-electron chi connectivity index (χ4n) is 4.26. The van der Waals surface area contributed by atoms with Crippen molar-refractivity contribution in [2.45, 2.75) is 12.5 Å². The molecule has 2 aromatic carbocycles. The Hall–Kier alpha value is -3.39. The molecule has 2 aliphatic heterocycles.